The van der Waals surface area contributed by atoms with E-state index in [1.807, 2.05) is 6.07 Å². The lowest BCUT2D eigenvalue weighted by Gasteiger charge is -2.03. The van der Waals surface area contributed by atoms with Crippen molar-refractivity contribution in [2.24, 2.45) is 5.16 Å². The average molecular weight is 338 g/mol. The van der Waals surface area contributed by atoms with Gasteiger partial charge in [0.25, 0.3) is 0 Å². The number of oxime groups is 1. The number of para-hydroxylation sites is 1. The Morgan fingerprint density at radius 3 is 2.64 bits per heavy atom. The van der Waals surface area contributed by atoms with Crippen LogP contribution in [0.5, 0.6) is 5.75 Å². The van der Waals surface area contributed by atoms with Crippen LogP contribution in [0.15, 0.2) is 53.7 Å². The Morgan fingerprint density at radius 1 is 1.14 bits per heavy atom. The molecule has 114 valence electrons. The largest absolute Gasteiger partial charge is 0.426 e. The van der Waals surface area contributed by atoms with Crippen LogP contribution < -0.4 is 4.74 Å². The van der Waals surface area contributed by atoms with E-state index in [2.05, 4.69) is 5.16 Å². The maximum atomic E-state index is 11.5. The molecule has 6 heteroatoms. The summed E-state index contributed by atoms with van der Waals surface area (Å²) >= 11 is 11.8. The van der Waals surface area contributed by atoms with Crippen LogP contribution in [0.4, 0.5) is 0 Å². The van der Waals surface area contributed by atoms with Crippen LogP contribution >= 0.6 is 23.2 Å². The summed E-state index contributed by atoms with van der Waals surface area (Å²) in [5, 5.41) is 4.76. The summed E-state index contributed by atoms with van der Waals surface area (Å²) in [5.74, 6) is 0.0813. The number of halogens is 2. The van der Waals surface area contributed by atoms with Gasteiger partial charge in [0.2, 0.25) is 0 Å². The third kappa shape index (κ3) is 5.39. The van der Waals surface area contributed by atoms with Gasteiger partial charge in [-0.1, -0.05) is 52.6 Å². The second-order valence-corrected chi connectivity index (χ2v) is 5.13. The molecule has 0 aliphatic heterocycles. The van der Waals surface area contributed by atoms with Gasteiger partial charge in [0.05, 0.1) is 12.6 Å². The molecule has 0 amide bonds. The summed E-state index contributed by atoms with van der Waals surface area (Å²) < 4.78 is 5.09. The molecule has 0 aromatic heterocycles. The zero-order valence-electron chi connectivity index (χ0n) is 11.5. The monoisotopic (exact) mass is 337 g/mol. The fraction of sp³-hybridized carbons (Fsp3) is 0.125. The molecule has 0 aliphatic rings. The van der Waals surface area contributed by atoms with Crippen LogP contribution in [0.1, 0.15) is 12.0 Å². The molecule has 2 aromatic carbocycles. The van der Waals surface area contributed by atoms with Gasteiger partial charge < -0.3 is 9.57 Å². The third-order valence-electron chi connectivity index (χ3n) is 2.62. The first-order chi connectivity index (χ1) is 10.6. The molecule has 0 unspecified atom stereocenters. The molecule has 4 nitrogen and oxygen atoms in total. The molecule has 0 saturated heterocycles. The van der Waals surface area contributed by atoms with Gasteiger partial charge in [-0.15, -0.1) is 0 Å². The fourth-order valence-electron chi connectivity index (χ4n) is 1.57. The van der Waals surface area contributed by atoms with Crippen molar-refractivity contribution in [2.45, 2.75) is 13.0 Å². The molecule has 2 rings (SSSR count). The maximum Gasteiger partial charge on any atom is 0.316 e. The van der Waals surface area contributed by atoms with Crippen molar-refractivity contribution in [1.82, 2.24) is 0 Å². The van der Waals surface area contributed by atoms with Crippen molar-refractivity contribution in [3.8, 4) is 5.75 Å². The second-order valence-electron chi connectivity index (χ2n) is 4.29. The predicted octanol–water partition coefficient (Wildman–Crippen LogP) is 4.49. The summed E-state index contributed by atoms with van der Waals surface area (Å²) in [6.45, 7) is 0.195. The molecule has 0 atom stereocenters. The zero-order valence-corrected chi connectivity index (χ0v) is 13.1. The van der Waals surface area contributed by atoms with Crippen molar-refractivity contribution >= 4 is 35.4 Å². The summed E-state index contributed by atoms with van der Waals surface area (Å²) in [6.07, 6.45) is 1.36. The molecular formula is C16H13Cl2NO3. The van der Waals surface area contributed by atoms with Gasteiger partial charge in [-0.3, -0.25) is 4.79 Å². The molecule has 0 spiro atoms. The number of hydrogen-bond acceptors (Lipinski definition) is 4. The number of carbonyl (C=O) groups excluding carboxylic acids is 1. The Balaban J connectivity index is 1.73. The van der Waals surface area contributed by atoms with Gasteiger partial charge >= 0.3 is 5.97 Å². The van der Waals surface area contributed by atoms with Crippen molar-refractivity contribution in [2.75, 3.05) is 0 Å². The molecule has 0 radical (unpaired) electrons. The van der Waals surface area contributed by atoms with E-state index in [0.717, 1.165) is 5.56 Å². The Hall–Kier alpha value is -2.04. The van der Waals surface area contributed by atoms with Crippen LogP contribution in [-0.4, -0.2) is 12.2 Å². The van der Waals surface area contributed by atoms with Gasteiger partial charge in [0.1, 0.15) is 12.4 Å². The average Bonchev–Trinajstić information content (AvgIpc) is 2.50. The van der Waals surface area contributed by atoms with E-state index < -0.39 is 5.97 Å². The SMILES string of the molecule is O=C(C/C=N/OCc1ccc(Cl)cc1Cl)Oc1ccccc1. The van der Waals surface area contributed by atoms with E-state index in [1.165, 1.54) is 6.21 Å². The number of rotatable bonds is 6. The molecule has 0 bridgehead atoms. The van der Waals surface area contributed by atoms with Crippen molar-refractivity contribution in [1.29, 1.82) is 0 Å². The predicted molar refractivity (Wildman–Crippen MR) is 86.4 cm³/mol. The summed E-state index contributed by atoms with van der Waals surface area (Å²) in [6, 6.07) is 13.9. The number of nitrogens with zero attached hydrogens (tertiary/aromatic N) is 1. The highest BCUT2D eigenvalue weighted by atomic mass is 35.5. The lowest BCUT2D eigenvalue weighted by molar-refractivity contribution is -0.132. The first-order valence-electron chi connectivity index (χ1n) is 6.48. The van der Waals surface area contributed by atoms with Crippen molar-refractivity contribution in [3.63, 3.8) is 0 Å². The standard InChI is InChI=1S/C16H13Cl2NO3/c17-13-7-6-12(15(18)10-13)11-21-19-9-8-16(20)22-14-4-2-1-3-5-14/h1-7,9-10H,8,11H2/b19-9+. The molecule has 0 fully saturated rings. The van der Waals surface area contributed by atoms with Crippen molar-refractivity contribution in [3.05, 3.63) is 64.1 Å². The smallest absolute Gasteiger partial charge is 0.316 e. The number of carbonyl (C=O) groups is 1. The highest BCUT2D eigenvalue weighted by Crippen LogP contribution is 2.21. The Bertz CT molecular complexity index is 660. The molecule has 0 heterocycles. The minimum Gasteiger partial charge on any atom is -0.426 e. The molecule has 0 saturated carbocycles. The van der Waals surface area contributed by atoms with Crippen LogP contribution in [0, 0.1) is 0 Å². The van der Waals surface area contributed by atoms with E-state index in [9.17, 15) is 4.79 Å². The molecule has 22 heavy (non-hydrogen) atoms. The lowest BCUT2D eigenvalue weighted by Crippen LogP contribution is -2.08. The first kappa shape index (κ1) is 16.3. The van der Waals surface area contributed by atoms with Crippen LogP contribution in [0.25, 0.3) is 0 Å². The molecule has 0 aliphatic carbocycles. The Kier molecular flexibility index (Phi) is 6.25. The van der Waals surface area contributed by atoms with Gasteiger partial charge in [0.15, 0.2) is 0 Å². The normalized spacial score (nSPS) is 10.6. The van der Waals surface area contributed by atoms with E-state index in [0.29, 0.717) is 15.8 Å². The van der Waals surface area contributed by atoms with E-state index in [1.54, 1.807) is 42.5 Å². The van der Waals surface area contributed by atoms with Gasteiger partial charge in [-0.05, 0) is 24.3 Å². The minimum absolute atomic E-state index is 0.0171. The first-order valence-corrected chi connectivity index (χ1v) is 7.24. The van der Waals surface area contributed by atoms with E-state index in [4.69, 9.17) is 32.8 Å². The third-order valence-corrected chi connectivity index (χ3v) is 3.20. The lowest BCUT2D eigenvalue weighted by atomic mass is 10.2. The fourth-order valence-corrected chi connectivity index (χ4v) is 2.03. The van der Waals surface area contributed by atoms with Gasteiger partial charge in [-0.25, -0.2) is 0 Å². The molecular weight excluding hydrogens is 325 g/mol. The number of benzene rings is 2. The van der Waals surface area contributed by atoms with E-state index in [-0.39, 0.29) is 13.0 Å². The van der Waals surface area contributed by atoms with Crippen LogP contribution in [0.2, 0.25) is 10.0 Å². The van der Waals surface area contributed by atoms with Crippen molar-refractivity contribution < 1.29 is 14.4 Å². The quantitative estimate of drug-likeness (QED) is 0.337. The number of esters is 1. The highest BCUT2D eigenvalue weighted by molar-refractivity contribution is 6.35. The highest BCUT2D eigenvalue weighted by Gasteiger charge is 2.03. The van der Waals surface area contributed by atoms with Gasteiger partial charge in [0, 0.05) is 15.6 Å². The molecule has 2 aromatic rings. The topological polar surface area (TPSA) is 47.9 Å². The summed E-state index contributed by atoms with van der Waals surface area (Å²) in [7, 11) is 0. The Morgan fingerprint density at radius 2 is 1.91 bits per heavy atom. The summed E-state index contributed by atoms with van der Waals surface area (Å²) in [4.78, 5) is 16.6. The molecule has 0 N–H and O–H groups in total. The van der Waals surface area contributed by atoms with Gasteiger partial charge in [-0.2, -0.15) is 0 Å². The maximum absolute atomic E-state index is 11.5. The zero-order chi connectivity index (χ0) is 15.8. The minimum atomic E-state index is -0.414. The number of hydrogen-bond donors (Lipinski definition) is 0. The number of ether oxygens (including phenoxy) is 1. The van der Waals surface area contributed by atoms with Crippen LogP contribution in [-0.2, 0) is 16.2 Å². The summed E-state index contributed by atoms with van der Waals surface area (Å²) in [5.41, 5.74) is 0.759. The second kappa shape index (κ2) is 8.41. The van der Waals surface area contributed by atoms with Crippen LogP contribution in [0.3, 0.4) is 0 Å². The van der Waals surface area contributed by atoms with E-state index >= 15 is 0 Å². The Labute approximate surface area is 138 Å².